The summed E-state index contributed by atoms with van der Waals surface area (Å²) < 4.78 is 10.6. The van der Waals surface area contributed by atoms with Gasteiger partial charge in [0.1, 0.15) is 17.1 Å². The summed E-state index contributed by atoms with van der Waals surface area (Å²) in [5.74, 6) is -0.105. The lowest BCUT2D eigenvalue weighted by atomic mass is 10.1. The van der Waals surface area contributed by atoms with Gasteiger partial charge in [-0.15, -0.1) is 0 Å². The molecule has 2 amide bonds. The number of nitrogens with one attached hydrogen (secondary N) is 1. The zero-order valence-corrected chi connectivity index (χ0v) is 17.4. The van der Waals surface area contributed by atoms with Crippen LogP contribution >= 0.6 is 12.2 Å². The lowest BCUT2D eigenvalue weighted by Gasteiger charge is -2.30. The molecule has 1 fully saturated rings. The molecule has 1 aliphatic heterocycles. The number of anilines is 2. The summed E-state index contributed by atoms with van der Waals surface area (Å²) in [6, 6.07) is 12.5. The molecule has 0 radical (unpaired) electrons. The van der Waals surface area contributed by atoms with E-state index in [9.17, 15) is 9.59 Å². The highest BCUT2D eigenvalue weighted by Crippen LogP contribution is 2.34. The van der Waals surface area contributed by atoms with Gasteiger partial charge in [-0.1, -0.05) is 12.1 Å². The van der Waals surface area contributed by atoms with E-state index in [4.69, 9.17) is 21.7 Å². The van der Waals surface area contributed by atoms with Gasteiger partial charge in [-0.25, -0.2) is 4.90 Å². The molecule has 0 aliphatic carbocycles. The predicted octanol–water partition coefficient (Wildman–Crippen LogP) is 2.60. The normalized spacial score (nSPS) is 15.4. The highest BCUT2D eigenvalue weighted by molar-refractivity contribution is 7.80. The molecule has 8 heteroatoms. The molecule has 29 heavy (non-hydrogen) atoms. The fourth-order valence-corrected chi connectivity index (χ4v) is 3.16. The van der Waals surface area contributed by atoms with E-state index in [1.54, 1.807) is 24.3 Å². The van der Waals surface area contributed by atoms with Gasteiger partial charge in [0.2, 0.25) is 0 Å². The van der Waals surface area contributed by atoms with Crippen LogP contribution in [0.25, 0.3) is 6.08 Å². The summed E-state index contributed by atoms with van der Waals surface area (Å²) in [6.07, 6.45) is 1.54. The maximum absolute atomic E-state index is 13.2. The maximum Gasteiger partial charge on any atom is 0.270 e. The van der Waals surface area contributed by atoms with Crippen LogP contribution in [0.1, 0.15) is 5.56 Å². The third-order valence-corrected chi connectivity index (χ3v) is 4.73. The molecular weight excluding hydrogens is 390 g/mol. The number of thiocarbonyl (C=S) groups is 1. The Bertz CT molecular complexity index is 999. The molecule has 1 aliphatic rings. The molecule has 1 heterocycles. The minimum absolute atomic E-state index is 0.0106. The lowest BCUT2D eigenvalue weighted by molar-refractivity contribution is -0.122. The van der Waals surface area contributed by atoms with Crippen LogP contribution in [0, 0.1) is 0 Å². The Morgan fingerprint density at radius 2 is 1.72 bits per heavy atom. The number of carbonyl (C=O) groups is 2. The maximum atomic E-state index is 13.2. The van der Waals surface area contributed by atoms with E-state index < -0.39 is 11.8 Å². The third kappa shape index (κ3) is 4.07. The van der Waals surface area contributed by atoms with Crippen LogP contribution in [-0.4, -0.2) is 45.2 Å². The van der Waals surface area contributed by atoms with Gasteiger partial charge in [-0.2, -0.15) is 0 Å². The molecule has 2 aromatic carbocycles. The summed E-state index contributed by atoms with van der Waals surface area (Å²) in [5, 5.41) is 2.56. The topological polar surface area (TPSA) is 71.1 Å². The molecule has 1 saturated heterocycles. The molecule has 0 bridgehead atoms. The molecule has 0 aromatic heterocycles. The van der Waals surface area contributed by atoms with Gasteiger partial charge in [0.25, 0.3) is 11.8 Å². The van der Waals surface area contributed by atoms with Gasteiger partial charge >= 0.3 is 0 Å². The average Bonchev–Trinajstić information content (AvgIpc) is 2.71. The molecule has 0 saturated carbocycles. The number of methoxy groups -OCH3 is 2. The first-order chi connectivity index (χ1) is 13.8. The van der Waals surface area contributed by atoms with Crippen molar-refractivity contribution in [2.24, 2.45) is 0 Å². The first-order valence-electron chi connectivity index (χ1n) is 8.76. The summed E-state index contributed by atoms with van der Waals surface area (Å²) in [7, 11) is 6.89. The van der Waals surface area contributed by atoms with Crippen LogP contribution in [0.2, 0.25) is 0 Å². The van der Waals surface area contributed by atoms with Gasteiger partial charge in [0.05, 0.1) is 19.9 Å². The zero-order valence-electron chi connectivity index (χ0n) is 16.6. The first kappa shape index (κ1) is 20.3. The monoisotopic (exact) mass is 411 g/mol. The van der Waals surface area contributed by atoms with Crippen LogP contribution in [0.5, 0.6) is 11.5 Å². The summed E-state index contributed by atoms with van der Waals surface area (Å²) >= 11 is 5.25. The van der Waals surface area contributed by atoms with Crippen molar-refractivity contribution in [3.63, 3.8) is 0 Å². The second-order valence-electron chi connectivity index (χ2n) is 6.48. The number of hydrogen-bond acceptors (Lipinski definition) is 6. The molecule has 0 spiro atoms. The molecule has 1 N–H and O–H groups in total. The van der Waals surface area contributed by atoms with Crippen molar-refractivity contribution in [2.45, 2.75) is 0 Å². The van der Waals surface area contributed by atoms with Crippen LogP contribution in [-0.2, 0) is 9.59 Å². The van der Waals surface area contributed by atoms with Crippen molar-refractivity contribution in [2.75, 3.05) is 38.1 Å². The minimum Gasteiger partial charge on any atom is -0.497 e. The Labute approximate surface area is 174 Å². The molecule has 0 atom stereocenters. The summed E-state index contributed by atoms with van der Waals surface area (Å²) in [6.45, 7) is 0. The van der Waals surface area contributed by atoms with E-state index in [1.165, 1.54) is 19.1 Å². The average molecular weight is 411 g/mol. The number of hydrogen-bond donors (Lipinski definition) is 1. The SMILES string of the molecule is COc1ccc(N2C(=O)/C(=C\c3ccc(N(C)C)cc3)C(=O)NC2=S)c(OC)c1. The van der Waals surface area contributed by atoms with E-state index in [0.29, 0.717) is 17.2 Å². The van der Waals surface area contributed by atoms with Gasteiger partial charge in [-0.3, -0.25) is 14.9 Å². The minimum atomic E-state index is -0.541. The molecule has 7 nitrogen and oxygen atoms in total. The fraction of sp³-hybridized carbons (Fsp3) is 0.190. The lowest BCUT2D eigenvalue weighted by Crippen LogP contribution is -2.54. The van der Waals surface area contributed by atoms with Gasteiger partial charge in [-0.05, 0) is 48.1 Å². The Morgan fingerprint density at radius 1 is 1.03 bits per heavy atom. The van der Waals surface area contributed by atoms with Crippen LogP contribution in [0.15, 0.2) is 48.0 Å². The number of amides is 2. The Morgan fingerprint density at radius 3 is 2.31 bits per heavy atom. The Kier molecular flexibility index (Phi) is 5.84. The highest BCUT2D eigenvalue weighted by Gasteiger charge is 2.35. The van der Waals surface area contributed by atoms with Crippen molar-refractivity contribution < 1.29 is 19.1 Å². The number of carbonyl (C=O) groups excluding carboxylic acids is 2. The quantitative estimate of drug-likeness (QED) is 0.463. The fourth-order valence-electron chi connectivity index (χ4n) is 2.88. The van der Waals surface area contributed by atoms with Crippen molar-refractivity contribution in [3.05, 3.63) is 53.6 Å². The van der Waals surface area contributed by atoms with Crippen LogP contribution in [0.4, 0.5) is 11.4 Å². The first-order valence-corrected chi connectivity index (χ1v) is 9.17. The zero-order chi connectivity index (χ0) is 21.1. The number of nitrogens with zero attached hydrogens (tertiary/aromatic N) is 2. The smallest absolute Gasteiger partial charge is 0.270 e. The van der Waals surface area contributed by atoms with E-state index >= 15 is 0 Å². The predicted molar refractivity (Wildman–Crippen MR) is 117 cm³/mol. The van der Waals surface area contributed by atoms with Gasteiger partial charge in [0.15, 0.2) is 5.11 Å². The molecule has 2 aromatic rings. The molecule has 150 valence electrons. The number of rotatable bonds is 5. The van der Waals surface area contributed by atoms with Crippen molar-refractivity contribution in [1.82, 2.24) is 5.32 Å². The van der Waals surface area contributed by atoms with Crippen LogP contribution in [0.3, 0.4) is 0 Å². The van der Waals surface area contributed by atoms with E-state index in [1.807, 2.05) is 43.3 Å². The van der Waals surface area contributed by atoms with Gasteiger partial charge in [0, 0.05) is 25.8 Å². The largest absolute Gasteiger partial charge is 0.497 e. The summed E-state index contributed by atoms with van der Waals surface area (Å²) in [4.78, 5) is 28.8. The highest BCUT2D eigenvalue weighted by atomic mass is 32.1. The molecular formula is C21H21N3O4S. The Hall–Kier alpha value is -3.39. The second kappa shape index (κ2) is 8.32. The van der Waals surface area contributed by atoms with Crippen molar-refractivity contribution in [1.29, 1.82) is 0 Å². The van der Waals surface area contributed by atoms with Crippen molar-refractivity contribution >= 4 is 46.6 Å². The number of ether oxygens (including phenoxy) is 2. The number of benzene rings is 2. The summed E-state index contributed by atoms with van der Waals surface area (Å²) in [5.41, 5.74) is 2.13. The van der Waals surface area contributed by atoms with E-state index in [2.05, 4.69) is 5.32 Å². The van der Waals surface area contributed by atoms with Crippen molar-refractivity contribution in [3.8, 4) is 11.5 Å². The molecule has 0 unspecified atom stereocenters. The molecule has 3 rings (SSSR count). The third-order valence-electron chi connectivity index (χ3n) is 4.45. The second-order valence-corrected chi connectivity index (χ2v) is 6.87. The van der Waals surface area contributed by atoms with E-state index in [0.717, 1.165) is 11.3 Å². The van der Waals surface area contributed by atoms with Crippen LogP contribution < -0.4 is 24.6 Å². The Balaban J connectivity index is 2.00. The van der Waals surface area contributed by atoms with Gasteiger partial charge < -0.3 is 14.4 Å². The standard InChI is InChI=1S/C21H21N3O4S/c1-23(2)14-7-5-13(6-8-14)11-16-19(25)22-21(29)24(20(16)26)17-10-9-15(27-3)12-18(17)28-4/h5-12H,1-4H3,(H,22,25,29)/b16-11-. The van der Waals surface area contributed by atoms with E-state index in [-0.39, 0.29) is 10.7 Å².